The number of carbonyl (C=O) groups excluding carboxylic acids is 1. The number of fused-ring (bicyclic) bond motifs is 4. The highest BCUT2D eigenvalue weighted by molar-refractivity contribution is 5.95. The third kappa shape index (κ3) is 3.17. The molecule has 1 aliphatic heterocycles. The number of hydrogen-bond acceptors (Lipinski definition) is 3. The molecule has 0 fully saturated rings. The number of hydrogen-bond donors (Lipinski definition) is 2. The van der Waals surface area contributed by atoms with E-state index in [1.54, 1.807) is 18.2 Å². The van der Waals surface area contributed by atoms with Crippen molar-refractivity contribution in [2.75, 3.05) is 5.32 Å². The minimum Gasteiger partial charge on any atom is -0.324 e. The molecule has 2 bridgehead atoms. The van der Waals surface area contributed by atoms with Crippen LogP contribution in [0.15, 0.2) is 30.5 Å². The summed E-state index contributed by atoms with van der Waals surface area (Å²) in [7, 11) is 0. The van der Waals surface area contributed by atoms with Gasteiger partial charge in [-0.15, -0.1) is 0 Å². The van der Waals surface area contributed by atoms with Crippen LogP contribution in [0.2, 0.25) is 0 Å². The summed E-state index contributed by atoms with van der Waals surface area (Å²) in [5.74, 6) is -0.423. The van der Waals surface area contributed by atoms with Gasteiger partial charge in [0.25, 0.3) is 0 Å². The minimum atomic E-state index is -2.80. The molecule has 24 heavy (non-hydrogen) atoms. The van der Waals surface area contributed by atoms with Crippen molar-refractivity contribution in [1.82, 2.24) is 9.78 Å². The van der Waals surface area contributed by atoms with Crippen LogP contribution in [-0.2, 0) is 4.79 Å². The molecule has 1 amide bonds. The average Bonchev–Trinajstić information content (AvgIpc) is 2.97. The Morgan fingerprint density at radius 3 is 2.92 bits per heavy atom. The van der Waals surface area contributed by atoms with Crippen LogP contribution in [-0.4, -0.2) is 15.7 Å². The van der Waals surface area contributed by atoms with Crippen molar-refractivity contribution in [3.05, 3.63) is 36.0 Å². The first-order valence-corrected chi connectivity index (χ1v) is 8.00. The maximum atomic E-state index is 13.3. The van der Waals surface area contributed by atoms with Crippen LogP contribution in [0.5, 0.6) is 0 Å². The highest BCUT2D eigenvalue weighted by Crippen LogP contribution is 2.34. The van der Waals surface area contributed by atoms with Crippen LogP contribution in [0, 0.1) is 5.92 Å². The molecule has 0 saturated heterocycles. The van der Waals surface area contributed by atoms with Crippen LogP contribution in [0.25, 0.3) is 11.3 Å². The lowest BCUT2D eigenvalue weighted by Gasteiger charge is -2.18. The minimum absolute atomic E-state index is 0.189. The SMILES string of the molecule is C[C@@H]1CCC[C@H](N)c2cccc(c2)-c2c(cnn2C(F)F)NC1=O. The molecular formula is C17H20F2N4O. The van der Waals surface area contributed by atoms with Gasteiger partial charge in [0.1, 0.15) is 0 Å². The Labute approximate surface area is 138 Å². The first-order valence-electron chi connectivity index (χ1n) is 8.00. The van der Waals surface area contributed by atoms with Crippen molar-refractivity contribution in [1.29, 1.82) is 0 Å². The van der Waals surface area contributed by atoms with E-state index < -0.39 is 6.55 Å². The van der Waals surface area contributed by atoms with Crippen molar-refractivity contribution >= 4 is 11.6 Å². The van der Waals surface area contributed by atoms with Gasteiger partial charge in [0.15, 0.2) is 0 Å². The number of carbonyl (C=O) groups is 1. The van der Waals surface area contributed by atoms with Crippen LogP contribution in [0.1, 0.15) is 44.3 Å². The molecule has 0 spiro atoms. The van der Waals surface area contributed by atoms with Gasteiger partial charge in [-0.25, -0.2) is 4.68 Å². The van der Waals surface area contributed by atoms with Crippen LogP contribution < -0.4 is 11.1 Å². The van der Waals surface area contributed by atoms with Gasteiger partial charge in [-0.2, -0.15) is 13.9 Å². The largest absolute Gasteiger partial charge is 0.333 e. The molecule has 0 saturated carbocycles. The van der Waals surface area contributed by atoms with Crippen LogP contribution >= 0.6 is 0 Å². The fourth-order valence-corrected chi connectivity index (χ4v) is 3.00. The number of benzene rings is 1. The number of anilines is 1. The van der Waals surface area contributed by atoms with Crippen molar-refractivity contribution < 1.29 is 13.6 Å². The third-order valence-electron chi connectivity index (χ3n) is 4.43. The standard InChI is InChI=1S/C17H20F2N4O/c1-10-4-2-7-13(20)11-5-3-6-12(8-11)15-14(22-16(10)24)9-21-23(15)17(18)19/h3,5-6,8-10,13,17H,2,4,7,20H2,1H3,(H,22,24)/t10-,13+/m1/s1. The molecule has 0 radical (unpaired) electrons. The van der Waals surface area contributed by atoms with Crippen LogP contribution in [0.4, 0.5) is 14.5 Å². The fraction of sp³-hybridized carbons (Fsp3) is 0.412. The number of alkyl halides is 2. The molecule has 1 aromatic carbocycles. The molecule has 2 heterocycles. The molecule has 2 aromatic rings. The van der Waals surface area contributed by atoms with E-state index in [2.05, 4.69) is 10.4 Å². The zero-order valence-electron chi connectivity index (χ0n) is 13.4. The number of amides is 1. The maximum Gasteiger partial charge on any atom is 0.333 e. The van der Waals surface area contributed by atoms with E-state index in [-0.39, 0.29) is 23.6 Å². The predicted octanol–water partition coefficient (Wildman–Crippen LogP) is 3.70. The molecule has 5 nitrogen and oxygen atoms in total. The van der Waals surface area contributed by atoms with Crippen molar-refractivity contribution in [2.45, 2.75) is 38.8 Å². The monoisotopic (exact) mass is 334 g/mol. The Hall–Kier alpha value is -2.28. The zero-order chi connectivity index (χ0) is 17.3. The highest BCUT2D eigenvalue weighted by Gasteiger charge is 2.23. The summed E-state index contributed by atoms with van der Waals surface area (Å²) in [4.78, 5) is 12.3. The third-order valence-corrected chi connectivity index (χ3v) is 4.43. The van der Waals surface area contributed by atoms with Gasteiger partial charge >= 0.3 is 6.55 Å². The molecular weight excluding hydrogens is 314 g/mol. The zero-order valence-corrected chi connectivity index (χ0v) is 13.4. The topological polar surface area (TPSA) is 72.9 Å². The van der Waals surface area contributed by atoms with Crippen molar-refractivity contribution in [2.24, 2.45) is 11.7 Å². The second kappa shape index (κ2) is 6.68. The van der Waals surface area contributed by atoms with Gasteiger partial charge in [-0.1, -0.05) is 31.5 Å². The second-order valence-electron chi connectivity index (χ2n) is 6.18. The van der Waals surface area contributed by atoms with Gasteiger partial charge in [-0.3, -0.25) is 4.79 Å². The van der Waals surface area contributed by atoms with Gasteiger partial charge in [0.2, 0.25) is 5.91 Å². The second-order valence-corrected chi connectivity index (χ2v) is 6.18. The normalized spacial score (nSPS) is 21.6. The molecule has 1 aliphatic rings. The Kier molecular flexibility index (Phi) is 4.62. The molecule has 128 valence electrons. The van der Waals surface area contributed by atoms with Crippen LogP contribution in [0.3, 0.4) is 0 Å². The summed E-state index contributed by atoms with van der Waals surface area (Å²) in [6, 6.07) is 7.00. The number of rotatable bonds is 1. The Morgan fingerprint density at radius 2 is 2.17 bits per heavy atom. The Morgan fingerprint density at radius 1 is 1.38 bits per heavy atom. The Bertz CT molecular complexity index is 744. The molecule has 3 N–H and O–H groups in total. The molecule has 7 heteroatoms. The van der Waals surface area contributed by atoms with E-state index >= 15 is 0 Å². The summed E-state index contributed by atoms with van der Waals surface area (Å²) in [6.45, 7) is -0.975. The smallest absolute Gasteiger partial charge is 0.324 e. The molecule has 2 atom stereocenters. The maximum absolute atomic E-state index is 13.3. The lowest BCUT2D eigenvalue weighted by Crippen LogP contribution is -2.21. The van der Waals surface area contributed by atoms with E-state index in [1.165, 1.54) is 6.20 Å². The molecule has 0 aliphatic carbocycles. The van der Waals surface area contributed by atoms with Gasteiger partial charge < -0.3 is 11.1 Å². The van der Waals surface area contributed by atoms with Gasteiger partial charge in [-0.05, 0) is 24.5 Å². The van der Waals surface area contributed by atoms with Crippen molar-refractivity contribution in [3.63, 3.8) is 0 Å². The number of nitrogens with zero attached hydrogens (tertiary/aromatic N) is 2. The van der Waals surface area contributed by atoms with Crippen molar-refractivity contribution in [3.8, 4) is 11.3 Å². The number of nitrogens with two attached hydrogens (primary N) is 1. The predicted molar refractivity (Wildman–Crippen MR) is 87.5 cm³/mol. The van der Waals surface area contributed by atoms with Gasteiger partial charge in [0, 0.05) is 17.5 Å². The van der Waals surface area contributed by atoms with E-state index in [1.807, 2.05) is 13.0 Å². The first-order chi connectivity index (χ1) is 11.5. The quantitative estimate of drug-likeness (QED) is 0.835. The summed E-state index contributed by atoms with van der Waals surface area (Å²) in [5.41, 5.74) is 8.15. The van der Waals surface area contributed by atoms with E-state index in [9.17, 15) is 13.6 Å². The number of aromatic nitrogens is 2. The molecule has 1 aromatic heterocycles. The van der Waals surface area contributed by atoms with E-state index in [0.717, 1.165) is 18.4 Å². The average molecular weight is 334 g/mol. The summed E-state index contributed by atoms with van der Waals surface area (Å²) in [5, 5.41) is 6.48. The Balaban J connectivity index is 2.15. The molecule has 3 rings (SSSR count). The first kappa shape index (κ1) is 16.6. The lowest BCUT2D eigenvalue weighted by molar-refractivity contribution is -0.119. The lowest BCUT2D eigenvalue weighted by atomic mass is 9.95. The fourth-order valence-electron chi connectivity index (χ4n) is 3.00. The summed E-state index contributed by atoms with van der Waals surface area (Å²) < 4.78 is 27.3. The van der Waals surface area contributed by atoms with Gasteiger partial charge in [0.05, 0.1) is 17.6 Å². The molecule has 0 unspecified atom stereocenters. The summed E-state index contributed by atoms with van der Waals surface area (Å²) in [6.07, 6.45) is 3.52. The van der Waals surface area contributed by atoms with E-state index in [4.69, 9.17) is 5.73 Å². The highest BCUT2D eigenvalue weighted by atomic mass is 19.3. The summed E-state index contributed by atoms with van der Waals surface area (Å²) >= 11 is 0. The number of nitrogens with one attached hydrogen (secondary N) is 1. The van der Waals surface area contributed by atoms with E-state index in [0.29, 0.717) is 22.4 Å². The number of halogens is 2.